The van der Waals surface area contributed by atoms with Gasteiger partial charge in [-0.25, -0.2) is 4.39 Å². The summed E-state index contributed by atoms with van der Waals surface area (Å²) in [6.45, 7) is -0.521. The van der Waals surface area contributed by atoms with Crippen LogP contribution in [0.4, 0.5) is 23.2 Å². The van der Waals surface area contributed by atoms with Gasteiger partial charge in [0.2, 0.25) is 0 Å². The molecule has 0 saturated carbocycles. The Morgan fingerprint density at radius 1 is 1.24 bits per heavy atom. The predicted octanol–water partition coefficient (Wildman–Crippen LogP) is 2.73. The van der Waals surface area contributed by atoms with Crippen LogP contribution in [0, 0.1) is 5.82 Å². The number of nitrogens with zero attached hydrogens (tertiary/aromatic N) is 1. The second-order valence-corrected chi connectivity index (χ2v) is 3.76. The summed E-state index contributed by atoms with van der Waals surface area (Å²) in [5, 5.41) is 2.75. The third-order valence-electron chi connectivity index (χ3n) is 2.13. The molecular formula is C11H14F4N2. The molecule has 96 valence electrons. The molecule has 0 unspecified atom stereocenters. The summed E-state index contributed by atoms with van der Waals surface area (Å²) in [7, 11) is 1.37. The number of alkyl halides is 3. The van der Waals surface area contributed by atoms with Crippen molar-refractivity contribution in [2.45, 2.75) is 6.18 Å². The third-order valence-corrected chi connectivity index (χ3v) is 2.13. The van der Waals surface area contributed by atoms with Gasteiger partial charge in [-0.2, -0.15) is 13.2 Å². The fourth-order valence-corrected chi connectivity index (χ4v) is 1.37. The minimum absolute atomic E-state index is 0.188. The van der Waals surface area contributed by atoms with Gasteiger partial charge in [0.15, 0.2) is 0 Å². The lowest BCUT2D eigenvalue weighted by atomic mass is 10.3. The minimum atomic E-state index is -4.20. The molecule has 0 fully saturated rings. The average molecular weight is 250 g/mol. The molecule has 0 bridgehead atoms. The Balaban J connectivity index is 2.31. The molecule has 0 aliphatic heterocycles. The van der Waals surface area contributed by atoms with Crippen LogP contribution in [0.3, 0.4) is 0 Å². The largest absolute Gasteiger partial charge is 0.401 e. The molecule has 0 saturated heterocycles. The van der Waals surface area contributed by atoms with Gasteiger partial charge in [0.1, 0.15) is 5.82 Å². The Bertz CT molecular complexity index is 352. The Labute approximate surface area is 97.2 Å². The van der Waals surface area contributed by atoms with E-state index >= 15 is 0 Å². The first-order chi connectivity index (χ1) is 7.88. The van der Waals surface area contributed by atoms with E-state index in [0.717, 1.165) is 4.90 Å². The fourth-order valence-electron chi connectivity index (χ4n) is 1.37. The number of hydrogen-bond donors (Lipinski definition) is 1. The number of rotatable bonds is 5. The van der Waals surface area contributed by atoms with Crippen molar-refractivity contribution < 1.29 is 17.6 Å². The minimum Gasteiger partial charge on any atom is -0.381 e. The van der Waals surface area contributed by atoms with E-state index in [2.05, 4.69) is 5.32 Å². The lowest BCUT2D eigenvalue weighted by Crippen LogP contribution is -2.34. The number of halogens is 4. The smallest absolute Gasteiger partial charge is 0.381 e. The van der Waals surface area contributed by atoms with Gasteiger partial charge >= 0.3 is 6.18 Å². The van der Waals surface area contributed by atoms with Crippen molar-refractivity contribution in [2.24, 2.45) is 0 Å². The van der Waals surface area contributed by atoms with Crippen LogP contribution >= 0.6 is 0 Å². The van der Waals surface area contributed by atoms with E-state index in [1.54, 1.807) is 18.2 Å². The van der Waals surface area contributed by atoms with Crippen LogP contribution in [0.1, 0.15) is 0 Å². The second-order valence-electron chi connectivity index (χ2n) is 3.76. The van der Waals surface area contributed by atoms with Crippen LogP contribution < -0.4 is 5.32 Å². The van der Waals surface area contributed by atoms with Gasteiger partial charge in [0.25, 0.3) is 0 Å². The first-order valence-corrected chi connectivity index (χ1v) is 5.12. The van der Waals surface area contributed by atoms with E-state index in [9.17, 15) is 17.6 Å². The van der Waals surface area contributed by atoms with Crippen LogP contribution in [-0.2, 0) is 0 Å². The summed E-state index contributed by atoms with van der Waals surface area (Å²) in [5.74, 6) is -0.411. The van der Waals surface area contributed by atoms with Crippen LogP contribution in [-0.4, -0.2) is 37.8 Å². The normalized spacial score (nSPS) is 11.9. The van der Waals surface area contributed by atoms with Crippen molar-refractivity contribution in [2.75, 3.05) is 32.0 Å². The topological polar surface area (TPSA) is 15.3 Å². The van der Waals surface area contributed by atoms with Crippen molar-refractivity contribution in [1.29, 1.82) is 0 Å². The first-order valence-electron chi connectivity index (χ1n) is 5.12. The highest BCUT2D eigenvalue weighted by atomic mass is 19.4. The molecular weight excluding hydrogens is 236 g/mol. The maximum atomic E-state index is 13.1. The Morgan fingerprint density at radius 3 is 2.47 bits per heavy atom. The van der Waals surface area contributed by atoms with Gasteiger partial charge in [0, 0.05) is 13.1 Å². The van der Waals surface area contributed by atoms with Gasteiger partial charge in [-0.05, 0) is 19.2 Å². The highest BCUT2D eigenvalue weighted by Crippen LogP contribution is 2.15. The van der Waals surface area contributed by atoms with Gasteiger partial charge in [-0.15, -0.1) is 0 Å². The third kappa shape index (κ3) is 5.53. The van der Waals surface area contributed by atoms with Crippen LogP contribution in [0.2, 0.25) is 0 Å². The number of hydrogen-bond acceptors (Lipinski definition) is 2. The summed E-state index contributed by atoms with van der Waals surface area (Å²) in [6, 6.07) is 6.04. The summed E-state index contributed by atoms with van der Waals surface area (Å²) >= 11 is 0. The van der Waals surface area contributed by atoms with Gasteiger partial charge in [0.05, 0.1) is 12.2 Å². The number of anilines is 1. The van der Waals surface area contributed by atoms with E-state index < -0.39 is 18.5 Å². The average Bonchev–Trinajstić information content (AvgIpc) is 2.18. The van der Waals surface area contributed by atoms with Crippen LogP contribution in [0.25, 0.3) is 0 Å². The molecule has 6 heteroatoms. The first kappa shape index (κ1) is 13.8. The molecule has 0 amide bonds. The van der Waals surface area contributed by atoms with Gasteiger partial charge in [-0.3, -0.25) is 4.90 Å². The van der Waals surface area contributed by atoms with Crippen molar-refractivity contribution in [3.05, 3.63) is 30.1 Å². The number of benzene rings is 1. The van der Waals surface area contributed by atoms with Crippen LogP contribution in [0.15, 0.2) is 24.3 Å². The molecule has 1 aromatic carbocycles. The monoisotopic (exact) mass is 250 g/mol. The molecule has 0 heterocycles. The lowest BCUT2D eigenvalue weighted by molar-refractivity contribution is -0.142. The molecule has 0 radical (unpaired) electrons. The maximum absolute atomic E-state index is 13.1. The molecule has 0 atom stereocenters. The Kier molecular flexibility index (Phi) is 4.74. The predicted molar refractivity (Wildman–Crippen MR) is 58.4 cm³/mol. The molecule has 0 aliphatic rings. The zero-order valence-electron chi connectivity index (χ0n) is 9.39. The van der Waals surface area contributed by atoms with Gasteiger partial charge in [-0.1, -0.05) is 12.1 Å². The standard InChI is InChI=1S/C11H14F4N2/c1-17(8-11(13,14)15)7-6-16-10-5-3-2-4-9(10)12/h2-5,16H,6-8H2,1H3. The molecule has 17 heavy (non-hydrogen) atoms. The highest BCUT2D eigenvalue weighted by Gasteiger charge is 2.28. The SMILES string of the molecule is CN(CCNc1ccccc1F)CC(F)(F)F. The van der Waals surface area contributed by atoms with E-state index in [1.807, 2.05) is 0 Å². The van der Waals surface area contributed by atoms with E-state index in [4.69, 9.17) is 0 Å². The molecule has 2 nitrogen and oxygen atoms in total. The van der Waals surface area contributed by atoms with E-state index in [-0.39, 0.29) is 13.1 Å². The van der Waals surface area contributed by atoms with Crippen molar-refractivity contribution in [3.63, 3.8) is 0 Å². The maximum Gasteiger partial charge on any atom is 0.401 e. The number of nitrogens with one attached hydrogen (secondary N) is 1. The van der Waals surface area contributed by atoms with E-state index in [0.29, 0.717) is 5.69 Å². The quantitative estimate of drug-likeness (QED) is 0.808. The summed E-state index contributed by atoms with van der Waals surface area (Å²) in [6.07, 6.45) is -4.20. The number of likely N-dealkylation sites (N-methyl/N-ethyl adjacent to an activating group) is 1. The molecule has 1 rings (SSSR count). The molecule has 0 aliphatic carbocycles. The van der Waals surface area contributed by atoms with Crippen molar-refractivity contribution >= 4 is 5.69 Å². The molecule has 1 aromatic rings. The fraction of sp³-hybridized carbons (Fsp3) is 0.455. The second kappa shape index (κ2) is 5.86. The summed E-state index contributed by atoms with van der Waals surface area (Å²) < 4.78 is 49.1. The summed E-state index contributed by atoms with van der Waals surface area (Å²) in [5.41, 5.74) is 0.299. The molecule has 0 spiro atoms. The highest BCUT2D eigenvalue weighted by molar-refractivity contribution is 5.44. The Hall–Kier alpha value is -1.30. The zero-order valence-corrected chi connectivity index (χ0v) is 9.39. The zero-order chi connectivity index (χ0) is 12.9. The summed E-state index contributed by atoms with van der Waals surface area (Å²) in [4.78, 5) is 1.13. The van der Waals surface area contributed by atoms with Crippen LogP contribution in [0.5, 0.6) is 0 Å². The van der Waals surface area contributed by atoms with Gasteiger partial charge < -0.3 is 5.32 Å². The molecule has 0 aromatic heterocycles. The molecule has 1 N–H and O–H groups in total. The number of para-hydroxylation sites is 1. The van der Waals surface area contributed by atoms with Crippen molar-refractivity contribution in [1.82, 2.24) is 4.90 Å². The lowest BCUT2D eigenvalue weighted by Gasteiger charge is -2.18. The van der Waals surface area contributed by atoms with E-state index in [1.165, 1.54) is 13.1 Å². The van der Waals surface area contributed by atoms with Crippen molar-refractivity contribution in [3.8, 4) is 0 Å². The Morgan fingerprint density at radius 2 is 1.88 bits per heavy atom.